The summed E-state index contributed by atoms with van der Waals surface area (Å²) in [6.07, 6.45) is 0. The van der Waals surface area contributed by atoms with E-state index >= 15 is 0 Å². The summed E-state index contributed by atoms with van der Waals surface area (Å²) in [7, 11) is 7.10. The molecule has 1 aromatic carbocycles. The number of hydrogen-bond donors (Lipinski definition) is 1. The standard InChI is InChI=1S/C13H17N3O3/c1-16(2)10-7-11(17-3)8(5-12(10)18-4)9-6-13(14)19-15-9/h5-7H,14H2,1-4H3. The van der Waals surface area contributed by atoms with Crippen molar-refractivity contribution >= 4 is 11.6 Å². The van der Waals surface area contributed by atoms with Gasteiger partial charge in [-0.2, -0.15) is 0 Å². The summed E-state index contributed by atoms with van der Waals surface area (Å²) in [5.41, 5.74) is 7.84. The minimum Gasteiger partial charge on any atom is -0.496 e. The van der Waals surface area contributed by atoms with Gasteiger partial charge in [0, 0.05) is 31.8 Å². The lowest BCUT2D eigenvalue weighted by Crippen LogP contribution is -2.10. The Bertz CT molecular complexity index is 579. The molecule has 0 aliphatic heterocycles. The first-order valence-electron chi connectivity index (χ1n) is 5.72. The van der Waals surface area contributed by atoms with Crippen LogP contribution in [0.4, 0.5) is 11.6 Å². The van der Waals surface area contributed by atoms with E-state index in [2.05, 4.69) is 5.16 Å². The van der Waals surface area contributed by atoms with Gasteiger partial charge >= 0.3 is 0 Å². The molecule has 2 rings (SSSR count). The van der Waals surface area contributed by atoms with Crippen molar-refractivity contribution in [2.24, 2.45) is 0 Å². The van der Waals surface area contributed by atoms with Gasteiger partial charge in [0.25, 0.3) is 0 Å². The molecule has 0 spiro atoms. The molecule has 0 unspecified atom stereocenters. The summed E-state index contributed by atoms with van der Waals surface area (Å²) >= 11 is 0. The van der Waals surface area contributed by atoms with E-state index in [0.717, 1.165) is 17.0 Å². The third-order valence-electron chi connectivity index (χ3n) is 2.79. The number of aromatic nitrogens is 1. The Morgan fingerprint density at radius 1 is 1.11 bits per heavy atom. The van der Waals surface area contributed by atoms with Crippen LogP contribution in [0.3, 0.4) is 0 Å². The third kappa shape index (κ3) is 2.42. The van der Waals surface area contributed by atoms with Gasteiger partial charge in [-0.25, -0.2) is 0 Å². The van der Waals surface area contributed by atoms with Crippen LogP contribution >= 0.6 is 0 Å². The summed E-state index contributed by atoms with van der Waals surface area (Å²) in [6.45, 7) is 0. The molecule has 0 saturated carbocycles. The number of ether oxygens (including phenoxy) is 2. The van der Waals surface area contributed by atoms with Crippen molar-refractivity contribution in [2.45, 2.75) is 0 Å². The molecule has 0 amide bonds. The van der Waals surface area contributed by atoms with Crippen LogP contribution in [0, 0.1) is 0 Å². The second-order valence-corrected chi connectivity index (χ2v) is 4.23. The first kappa shape index (κ1) is 13.1. The van der Waals surface area contributed by atoms with Gasteiger partial charge in [0.2, 0.25) is 5.88 Å². The number of nitrogens with zero attached hydrogens (tertiary/aromatic N) is 2. The number of anilines is 2. The number of nitrogen functional groups attached to an aromatic ring is 1. The molecular formula is C13H17N3O3. The lowest BCUT2D eigenvalue weighted by atomic mass is 10.1. The summed E-state index contributed by atoms with van der Waals surface area (Å²) in [4.78, 5) is 1.95. The molecule has 0 radical (unpaired) electrons. The minimum absolute atomic E-state index is 0.257. The highest BCUT2D eigenvalue weighted by Crippen LogP contribution is 2.39. The summed E-state index contributed by atoms with van der Waals surface area (Å²) in [6, 6.07) is 5.39. The van der Waals surface area contributed by atoms with Gasteiger partial charge in [-0.3, -0.25) is 0 Å². The zero-order chi connectivity index (χ0) is 14.0. The van der Waals surface area contributed by atoms with Gasteiger partial charge in [-0.1, -0.05) is 5.16 Å². The molecular weight excluding hydrogens is 246 g/mol. The van der Waals surface area contributed by atoms with E-state index < -0.39 is 0 Å². The summed E-state index contributed by atoms with van der Waals surface area (Å²) in [5.74, 6) is 1.66. The predicted octanol–water partition coefficient (Wildman–Crippen LogP) is 2.01. The van der Waals surface area contributed by atoms with Crippen molar-refractivity contribution in [3.05, 3.63) is 18.2 Å². The van der Waals surface area contributed by atoms with Crippen molar-refractivity contribution in [1.82, 2.24) is 5.16 Å². The second kappa shape index (κ2) is 5.09. The Balaban J connectivity index is 2.60. The molecule has 0 aliphatic carbocycles. The molecule has 102 valence electrons. The molecule has 1 aromatic heterocycles. The molecule has 1 heterocycles. The maximum atomic E-state index is 5.55. The normalized spacial score (nSPS) is 10.3. The van der Waals surface area contributed by atoms with Crippen LogP contribution in [0.1, 0.15) is 0 Å². The Morgan fingerprint density at radius 2 is 1.79 bits per heavy atom. The molecule has 2 aromatic rings. The molecule has 0 bridgehead atoms. The van der Waals surface area contributed by atoms with Gasteiger partial charge in [0.05, 0.1) is 19.9 Å². The van der Waals surface area contributed by atoms with Gasteiger partial charge < -0.3 is 24.6 Å². The topological polar surface area (TPSA) is 73.8 Å². The fourth-order valence-corrected chi connectivity index (χ4v) is 1.85. The molecule has 0 atom stereocenters. The SMILES string of the molecule is COc1cc(N(C)C)c(OC)cc1-c1cc(N)on1. The van der Waals surface area contributed by atoms with Crippen LogP contribution in [0.5, 0.6) is 11.5 Å². The largest absolute Gasteiger partial charge is 0.496 e. The second-order valence-electron chi connectivity index (χ2n) is 4.23. The molecule has 6 nitrogen and oxygen atoms in total. The predicted molar refractivity (Wildman–Crippen MR) is 73.8 cm³/mol. The lowest BCUT2D eigenvalue weighted by Gasteiger charge is -2.19. The number of hydrogen-bond acceptors (Lipinski definition) is 6. The van der Waals surface area contributed by atoms with E-state index in [1.165, 1.54) is 0 Å². The Kier molecular flexibility index (Phi) is 3.50. The highest BCUT2D eigenvalue weighted by atomic mass is 16.5. The van der Waals surface area contributed by atoms with E-state index in [9.17, 15) is 0 Å². The fourth-order valence-electron chi connectivity index (χ4n) is 1.85. The number of rotatable bonds is 4. The van der Waals surface area contributed by atoms with Crippen LogP contribution in [0.25, 0.3) is 11.3 Å². The Labute approximate surface area is 111 Å². The summed E-state index contributed by atoms with van der Waals surface area (Å²) < 4.78 is 15.7. The highest BCUT2D eigenvalue weighted by Gasteiger charge is 2.16. The third-order valence-corrected chi connectivity index (χ3v) is 2.79. The average molecular weight is 263 g/mol. The number of methoxy groups -OCH3 is 2. The van der Waals surface area contributed by atoms with E-state index in [0.29, 0.717) is 11.4 Å². The van der Waals surface area contributed by atoms with E-state index in [-0.39, 0.29) is 5.88 Å². The molecule has 0 fully saturated rings. The molecule has 0 aliphatic rings. The van der Waals surface area contributed by atoms with Crippen molar-refractivity contribution < 1.29 is 14.0 Å². The first-order chi connectivity index (χ1) is 9.06. The quantitative estimate of drug-likeness (QED) is 0.909. The van der Waals surface area contributed by atoms with Crippen LogP contribution in [-0.4, -0.2) is 33.5 Å². The van der Waals surface area contributed by atoms with Crippen molar-refractivity contribution in [2.75, 3.05) is 38.9 Å². The highest BCUT2D eigenvalue weighted by molar-refractivity contribution is 5.76. The Morgan fingerprint density at radius 3 is 2.26 bits per heavy atom. The zero-order valence-corrected chi connectivity index (χ0v) is 11.4. The molecule has 0 saturated heterocycles. The maximum absolute atomic E-state index is 5.55. The van der Waals surface area contributed by atoms with E-state index in [1.807, 2.05) is 31.1 Å². The Hall–Kier alpha value is -2.37. The van der Waals surface area contributed by atoms with Gasteiger partial charge in [0.1, 0.15) is 17.2 Å². The van der Waals surface area contributed by atoms with Crippen LogP contribution in [-0.2, 0) is 0 Å². The van der Waals surface area contributed by atoms with Gasteiger partial charge in [-0.15, -0.1) is 0 Å². The first-order valence-corrected chi connectivity index (χ1v) is 5.72. The molecule has 19 heavy (non-hydrogen) atoms. The van der Waals surface area contributed by atoms with E-state index in [4.69, 9.17) is 19.7 Å². The zero-order valence-electron chi connectivity index (χ0n) is 11.4. The van der Waals surface area contributed by atoms with Crippen LogP contribution < -0.4 is 20.1 Å². The van der Waals surface area contributed by atoms with Crippen molar-refractivity contribution in [3.8, 4) is 22.8 Å². The van der Waals surface area contributed by atoms with Gasteiger partial charge in [0.15, 0.2) is 0 Å². The number of benzene rings is 1. The van der Waals surface area contributed by atoms with Crippen LogP contribution in [0.15, 0.2) is 22.7 Å². The molecule has 6 heteroatoms. The lowest BCUT2D eigenvalue weighted by molar-refractivity contribution is 0.403. The monoisotopic (exact) mass is 263 g/mol. The van der Waals surface area contributed by atoms with Crippen molar-refractivity contribution in [1.29, 1.82) is 0 Å². The summed E-state index contributed by atoms with van der Waals surface area (Å²) in [5, 5.41) is 3.90. The smallest absolute Gasteiger partial charge is 0.222 e. The minimum atomic E-state index is 0.257. The van der Waals surface area contributed by atoms with Crippen LogP contribution in [0.2, 0.25) is 0 Å². The van der Waals surface area contributed by atoms with Gasteiger partial charge in [-0.05, 0) is 6.07 Å². The maximum Gasteiger partial charge on any atom is 0.222 e. The average Bonchev–Trinajstić information content (AvgIpc) is 2.83. The number of nitrogens with two attached hydrogens (primary N) is 1. The fraction of sp³-hybridized carbons (Fsp3) is 0.308. The van der Waals surface area contributed by atoms with E-state index in [1.54, 1.807) is 20.3 Å². The molecule has 2 N–H and O–H groups in total. The van der Waals surface area contributed by atoms with Crippen molar-refractivity contribution in [3.63, 3.8) is 0 Å².